The number of likely N-dealkylation sites (tertiary alicyclic amines) is 1. The van der Waals surface area contributed by atoms with Crippen molar-refractivity contribution in [3.63, 3.8) is 0 Å². The first-order valence-corrected chi connectivity index (χ1v) is 12.6. The Morgan fingerprint density at radius 3 is 2.49 bits per heavy atom. The predicted octanol–water partition coefficient (Wildman–Crippen LogP) is 4.04. The third-order valence-corrected chi connectivity index (χ3v) is 8.08. The molecule has 188 valence electrons. The zero-order valence-electron chi connectivity index (χ0n) is 21.8. The number of allylic oxidation sites excluding steroid dienone is 1. The van der Waals surface area contributed by atoms with E-state index in [1.807, 2.05) is 29.6 Å². The Balaban J connectivity index is 1.47. The number of fused-ring (bicyclic) bond motifs is 3. The zero-order chi connectivity index (χ0) is 24.9. The monoisotopic (exact) mass is 479 g/mol. The van der Waals surface area contributed by atoms with Crippen LogP contribution < -0.4 is 9.47 Å². The summed E-state index contributed by atoms with van der Waals surface area (Å²) in [6.45, 7) is 10.3. The molecule has 0 N–H and O–H groups in total. The number of likely N-dealkylation sites (N-methyl/N-ethyl adjacent to an activating group) is 1. The molecule has 8 heteroatoms. The van der Waals surface area contributed by atoms with Gasteiger partial charge < -0.3 is 14.4 Å². The fourth-order valence-electron chi connectivity index (χ4n) is 6.39. The number of rotatable bonds is 5. The Hall–Kier alpha value is -3.00. The van der Waals surface area contributed by atoms with Gasteiger partial charge in [0.25, 0.3) is 0 Å². The number of ether oxygens (including phenoxy) is 2. The van der Waals surface area contributed by atoms with Gasteiger partial charge in [-0.2, -0.15) is 5.10 Å². The average Bonchev–Trinajstić information content (AvgIpc) is 3.19. The summed E-state index contributed by atoms with van der Waals surface area (Å²) in [5.41, 5.74) is 5.40. The first-order chi connectivity index (χ1) is 16.8. The second-order valence-corrected chi connectivity index (χ2v) is 10.1. The van der Waals surface area contributed by atoms with Crippen LogP contribution in [0.5, 0.6) is 11.5 Å². The molecule has 1 aromatic carbocycles. The normalized spacial score (nSPS) is 21.6. The summed E-state index contributed by atoms with van der Waals surface area (Å²) < 4.78 is 13.3. The standard InChI is InChI=1S/C27H37N5O3/c1-7-32-26(33)31-16-20-14-22(34-5)15-23(35-6)25(20)18(2)12-24(31)27(32)8-10-30(11-9-27)17-21-13-19(3)28-29(21)4/h12-15,18H,7-11,16-17H2,1-6H3/t18-/m0/s1. The van der Waals surface area contributed by atoms with Crippen LogP contribution in [-0.2, 0) is 20.1 Å². The van der Waals surface area contributed by atoms with Gasteiger partial charge in [-0.25, -0.2) is 4.79 Å². The third-order valence-electron chi connectivity index (χ3n) is 8.08. The van der Waals surface area contributed by atoms with Crippen molar-refractivity contribution in [1.29, 1.82) is 0 Å². The molecule has 2 amide bonds. The van der Waals surface area contributed by atoms with Gasteiger partial charge in [-0.1, -0.05) is 13.0 Å². The fraction of sp³-hybridized carbons (Fsp3) is 0.556. The smallest absolute Gasteiger partial charge is 0.325 e. The number of nitrogens with zero attached hydrogens (tertiary/aromatic N) is 5. The largest absolute Gasteiger partial charge is 0.497 e. The van der Waals surface area contributed by atoms with Gasteiger partial charge in [-0.3, -0.25) is 14.5 Å². The van der Waals surface area contributed by atoms with Crippen molar-refractivity contribution in [3.8, 4) is 11.5 Å². The van der Waals surface area contributed by atoms with E-state index in [-0.39, 0.29) is 17.5 Å². The van der Waals surface area contributed by atoms with E-state index in [0.717, 1.165) is 66.5 Å². The van der Waals surface area contributed by atoms with E-state index in [4.69, 9.17) is 9.47 Å². The van der Waals surface area contributed by atoms with Crippen LogP contribution in [0, 0.1) is 6.92 Å². The number of carbonyl (C=O) groups is 1. The summed E-state index contributed by atoms with van der Waals surface area (Å²) in [6.07, 6.45) is 4.17. The van der Waals surface area contributed by atoms with Crippen molar-refractivity contribution in [1.82, 2.24) is 24.5 Å². The Labute approximate surface area is 208 Å². The second-order valence-electron chi connectivity index (χ2n) is 10.1. The molecule has 4 heterocycles. The maximum atomic E-state index is 13.8. The van der Waals surface area contributed by atoms with Gasteiger partial charge in [0.05, 0.1) is 37.7 Å². The molecule has 0 aliphatic carbocycles. The summed E-state index contributed by atoms with van der Waals surface area (Å²) >= 11 is 0. The highest BCUT2D eigenvalue weighted by Gasteiger charge is 2.54. The van der Waals surface area contributed by atoms with E-state index >= 15 is 0 Å². The molecule has 1 atom stereocenters. The van der Waals surface area contributed by atoms with Crippen LogP contribution in [0.4, 0.5) is 4.79 Å². The highest BCUT2D eigenvalue weighted by atomic mass is 16.5. The molecule has 0 radical (unpaired) electrons. The van der Waals surface area contributed by atoms with E-state index in [0.29, 0.717) is 13.1 Å². The molecule has 2 aromatic rings. The Morgan fingerprint density at radius 2 is 1.89 bits per heavy atom. The van der Waals surface area contributed by atoms with Crippen LogP contribution >= 0.6 is 0 Å². The topological polar surface area (TPSA) is 63.1 Å². The minimum atomic E-state index is -0.266. The quantitative estimate of drug-likeness (QED) is 0.648. The van der Waals surface area contributed by atoms with Crippen LogP contribution in [0.1, 0.15) is 55.1 Å². The second kappa shape index (κ2) is 8.90. The molecule has 0 saturated carbocycles. The van der Waals surface area contributed by atoms with Crippen molar-refractivity contribution in [2.45, 2.75) is 58.2 Å². The molecule has 2 saturated heterocycles. The summed E-state index contributed by atoms with van der Waals surface area (Å²) in [5.74, 6) is 1.70. The number of hydrogen-bond acceptors (Lipinski definition) is 5. The molecule has 5 rings (SSSR count). The molecule has 3 aliphatic rings. The van der Waals surface area contributed by atoms with E-state index in [9.17, 15) is 4.79 Å². The van der Waals surface area contributed by atoms with E-state index < -0.39 is 0 Å². The minimum absolute atomic E-state index is 0.108. The number of amides is 2. The van der Waals surface area contributed by atoms with Crippen molar-refractivity contribution in [3.05, 3.63) is 52.5 Å². The maximum absolute atomic E-state index is 13.8. The van der Waals surface area contributed by atoms with Gasteiger partial charge in [0.1, 0.15) is 11.5 Å². The van der Waals surface area contributed by atoms with Gasteiger partial charge in [0, 0.05) is 56.5 Å². The molecule has 2 fully saturated rings. The van der Waals surface area contributed by atoms with Crippen LogP contribution in [0.15, 0.2) is 30.0 Å². The minimum Gasteiger partial charge on any atom is -0.497 e. The molecule has 0 unspecified atom stereocenters. The van der Waals surface area contributed by atoms with Gasteiger partial charge in [-0.05, 0) is 44.4 Å². The number of piperidine rings is 1. The molecular formula is C27H37N5O3. The lowest BCUT2D eigenvalue weighted by molar-refractivity contribution is 0.0876. The lowest BCUT2D eigenvalue weighted by Gasteiger charge is -2.44. The van der Waals surface area contributed by atoms with Crippen LogP contribution in [0.3, 0.4) is 0 Å². The zero-order valence-corrected chi connectivity index (χ0v) is 21.8. The average molecular weight is 480 g/mol. The molecule has 0 bridgehead atoms. The molecule has 8 nitrogen and oxygen atoms in total. The first kappa shape index (κ1) is 23.7. The van der Waals surface area contributed by atoms with Gasteiger partial charge in [-0.15, -0.1) is 0 Å². The number of aryl methyl sites for hydroxylation is 2. The highest BCUT2D eigenvalue weighted by molar-refractivity contribution is 5.83. The van der Waals surface area contributed by atoms with E-state index in [1.165, 1.54) is 5.69 Å². The summed E-state index contributed by atoms with van der Waals surface area (Å²) in [4.78, 5) is 20.4. The predicted molar refractivity (Wildman–Crippen MR) is 135 cm³/mol. The first-order valence-electron chi connectivity index (χ1n) is 12.6. The summed E-state index contributed by atoms with van der Waals surface area (Å²) in [7, 11) is 5.38. The Bertz CT molecular complexity index is 1160. The van der Waals surface area contributed by atoms with Crippen LogP contribution in [0.25, 0.3) is 0 Å². The van der Waals surface area contributed by atoms with Crippen molar-refractivity contribution >= 4 is 6.03 Å². The maximum Gasteiger partial charge on any atom is 0.325 e. The van der Waals surface area contributed by atoms with E-state index in [2.05, 4.69) is 47.0 Å². The molecule has 1 aromatic heterocycles. The van der Waals surface area contributed by atoms with Crippen LogP contribution in [-0.4, -0.2) is 69.9 Å². The third kappa shape index (κ3) is 3.78. The molecular weight excluding hydrogens is 442 g/mol. The molecule has 35 heavy (non-hydrogen) atoms. The summed E-state index contributed by atoms with van der Waals surface area (Å²) in [6, 6.07) is 6.27. The lowest BCUT2D eigenvalue weighted by Crippen LogP contribution is -2.53. The number of urea groups is 1. The lowest BCUT2D eigenvalue weighted by atomic mass is 9.82. The number of benzene rings is 1. The fourth-order valence-corrected chi connectivity index (χ4v) is 6.39. The van der Waals surface area contributed by atoms with E-state index in [1.54, 1.807) is 14.2 Å². The van der Waals surface area contributed by atoms with Gasteiger partial charge >= 0.3 is 6.03 Å². The van der Waals surface area contributed by atoms with Gasteiger partial charge in [0.15, 0.2) is 0 Å². The van der Waals surface area contributed by atoms with Crippen LogP contribution in [0.2, 0.25) is 0 Å². The van der Waals surface area contributed by atoms with Crippen molar-refractivity contribution in [2.24, 2.45) is 7.05 Å². The van der Waals surface area contributed by atoms with Gasteiger partial charge in [0.2, 0.25) is 0 Å². The number of carbonyl (C=O) groups excluding carboxylic acids is 1. The summed E-state index contributed by atoms with van der Waals surface area (Å²) in [5, 5.41) is 4.50. The Morgan fingerprint density at radius 1 is 1.14 bits per heavy atom. The number of methoxy groups -OCH3 is 2. The molecule has 3 aliphatic heterocycles. The Kier molecular flexibility index (Phi) is 6.03. The molecule has 1 spiro atoms. The number of hydrogen-bond donors (Lipinski definition) is 0. The number of aromatic nitrogens is 2. The van der Waals surface area contributed by atoms with Crippen molar-refractivity contribution in [2.75, 3.05) is 33.9 Å². The van der Waals surface area contributed by atoms with Crippen molar-refractivity contribution < 1.29 is 14.3 Å². The highest BCUT2D eigenvalue weighted by Crippen LogP contribution is 2.49. The SMILES string of the molecule is CCN1C(=O)N2Cc3cc(OC)cc(OC)c3[C@@H](C)C=C2C12CCN(Cc1cc(C)nn1C)CC2.